The summed E-state index contributed by atoms with van der Waals surface area (Å²) in [6.07, 6.45) is 0.281. The summed E-state index contributed by atoms with van der Waals surface area (Å²) >= 11 is 0. The molecule has 0 saturated carbocycles. The van der Waals surface area contributed by atoms with Crippen LogP contribution < -0.4 is 10.6 Å². The molecule has 0 heterocycles. The van der Waals surface area contributed by atoms with Crippen molar-refractivity contribution in [1.82, 2.24) is 0 Å². The summed E-state index contributed by atoms with van der Waals surface area (Å²) in [6, 6.07) is 17.5. The van der Waals surface area contributed by atoms with Crippen LogP contribution in [-0.2, 0) is 11.2 Å². The Balaban J connectivity index is 2.28. The van der Waals surface area contributed by atoms with Gasteiger partial charge in [0.15, 0.2) is 0 Å². The van der Waals surface area contributed by atoms with E-state index in [4.69, 9.17) is 5.73 Å². The summed E-state index contributed by atoms with van der Waals surface area (Å²) in [5.41, 5.74) is 8.86. The van der Waals surface area contributed by atoms with Crippen molar-refractivity contribution >= 4 is 17.6 Å². The van der Waals surface area contributed by atoms with Crippen molar-refractivity contribution in [2.24, 2.45) is 10.7 Å². The van der Waals surface area contributed by atoms with E-state index in [1.807, 2.05) is 54.6 Å². The molecule has 4 heteroatoms. The molecule has 0 saturated heterocycles. The minimum absolute atomic E-state index is 0.100. The highest BCUT2D eigenvalue weighted by Gasteiger charge is 2.19. The Morgan fingerprint density at radius 3 is 2.22 bits per heavy atom. The smallest absolute Gasteiger partial charge is 0.238 e. The Morgan fingerprint density at radius 1 is 1.09 bits per heavy atom. The molecule has 23 heavy (non-hydrogen) atoms. The van der Waals surface area contributed by atoms with Crippen molar-refractivity contribution in [3.05, 3.63) is 65.7 Å². The zero-order valence-electron chi connectivity index (χ0n) is 13.9. The van der Waals surface area contributed by atoms with Crippen LogP contribution in [-0.4, -0.2) is 18.9 Å². The lowest BCUT2D eigenvalue weighted by molar-refractivity contribution is -0.117. The van der Waals surface area contributed by atoms with Gasteiger partial charge in [-0.25, -0.2) is 0 Å². The van der Waals surface area contributed by atoms with Gasteiger partial charge in [0.2, 0.25) is 11.9 Å². The number of benzene rings is 2. The first-order valence-electron chi connectivity index (χ1n) is 7.72. The first kappa shape index (κ1) is 16.7. The number of guanidine groups is 1. The summed E-state index contributed by atoms with van der Waals surface area (Å²) in [7, 11) is 1.58. The number of aliphatic imine (C=N–C) groups is 1. The summed E-state index contributed by atoms with van der Waals surface area (Å²) in [6.45, 7) is 4.27. The number of carbonyl (C=O) groups is 1. The van der Waals surface area contributed by atoms with Gasteiger partial charge in [-0.3, -0.25) is 14.7 Å². The predicted octanol–water partition coefficient (Wildman–Crippen LogP) is 3.33. The van der Waals surface area contributed by atoms with Crippen LogP contribution in [0, 0.1) is 0 Å². The number of amides is 1. The lowest BCUT2D eigenvalue weighted by atomic mass is 10.0. The van der Waals surface area contributed by atoms with Gasteiger partial charge in [-0.1, -0.05) is 56.3 Å². The molecule has 0 aliphatic heterocycles. The van der Waals surface area contributed by atoms with Crippen LogP contribution in [0.4, 0.5) is 5.69 Å². The largest absolute Gasteiger partial charge is 0.369 e. The Labute approximate surface area is 137 Å². The molecule has 0 spiro atoms. The van der Waals surface area contributed by atoms with Gasteiger partial charge in [-0.15, -0.1) is 0 Å². The molecule has 4 nitrogen and oxygen atoms in total. The van der Waals surface area contributed by atoms with Crippen molar-refractivity contribution in [3.63, 3.8) is 0 Å². The topological polar surface area (TPSA) is 58.7 Å². The highest BCUT2D eigenvalue weighted by molar-refractivity contribution is 6.16. The lowest BCUT2D eigenvalue weighted by Crippen LogP contribution is -2.43. The molecular weight excluding hydrogens is 286 g/mol. The van der Waals surface area contributed by atoms with Crippen molar-refractivity contribution in [3.8, 4) is 0 Å². The molecule has 0 unspecified atom stereocenters. The average Bonchev–Trinajstić information content (AvgIpc) is 2.56. The fourth-order valence-corrected chi connectivity index (χ4v) is 2.36. The van der Waals surface area contributed by atoms with Crippen LogP contribution in [0.5, 0.6) is 0 Å². The molecule has 0 aliphatic rings. The second-order valence-electron chi connectivity index (χ2n) is 5.72. The molecule has 0 radical (unpaired) electrons. The first-order chi connectivity index (χ1) is 11.0. The minimum atomic E-state index is -0.100. The molecule has 2 rings (SSSR count). The number of nitrogens with zero attached hydrogens (tertiary/aromatic N) is 2. The second kappa shape index (κ2) is 7.58. The molecule has 0 fully saturated rings. The maximum atomic E-state index is 12.7. The molecule has 0 aliphatic carbocycles. The molecule has 0 bridgehead atoms. The van der Waals surface area contributed by atoms with E-state index in [1.54, 1.807) is 7.05 Å². The molecule has 2 N–H and O–H groups in total. The standard InChI is InChI=1S/C19H23N3O/c1-14(2)16-9-11-17(12-10-16)22(19(20)21-3)18(23)13-15-7-5-4-6-8-15/h4-12,14H,13H2,1-3H3,(H2,20,21). The molecule has 0 atom stereocenters. The van der Waals surface area contributed by atoms with Crippen molar-refractivity contribution in [2.45, 2.75) is 26.2 Å². The third kappa shape index (κ3) is 4.19. The van der Waals surface area contributed by atoms with Gasteiger partial charge in [-0.05, 0) is 29.2 Å². The molecule has 0 aromatic heterocycles. The van der Waals surface area contributed by atoms with Crippen LogP contribution in [0.25, 0.3) is 0 Å². The van der Waals surface area contributed by atoms with Gasteiger partial charge in [0.05, 0.1) is 12.1 Å². The van der Waals surface area contributed by atoms with Gasteiger partial charge < -0.3 is 5.73 Å². The van der Waals surface area contributed by atoms with E-state index in [2.05, 4.69) is 18.8 Å². The van der Waals surface area contributed by atoms with Gasteiger partial charge in [0.1, 0.15) is 0 Å². The summed E-state index contributed by atoms with van der Waals surface area (Å²) in [5.74, 6) is 0.537. The number of nitrogens with two attached hydrogens (primary N) is 1. The maximum Gasteiger partial charge on any atom is 0.238 e. The number of hydrogen-bond donors (Lipinski definition) is 1. The van der Waals surface area contributed by atoms with Crippen LogP contribution >= 0.6 is 0 Å². The van der Waals surface area contributed by atoms with Crippen LogP contribution in [0.3, 0.4) is 0 Å². The average molecular weight is 309 g/mol. The Morgan fingerprint density at radius 2 is 1.70 bits per heavy atom. The SMILES string of the molecule is CN=C(N)N(C(=O)Cc1ccccc1)c1ccc(C(C)C)cc1. The van der Waals surface area contributed by atoms with Gasteiger partial charge in [0, 0.05) is 7.05 Å². The fourth-order valence-electron chi connectivity index (χ4n) is 2.36. The third-order valence-corrected chi connectivity index (χ3v) is 3.72. The van der Waals surface area contributed by atoms with Gasteiger partial charge in [0.25, 0.3) is 0 Å². The van der Waals surface area contributed by atoms with Crippen molar-refractivity contribution in [2.75, 3.05) is 11.9 Å². The van der Waals surface area contributed by atoms with Crippen LogP contribution in [0.15, 0.2) is 59.6 Å². The number of hydrogen-bond acceptors (Lipinski definition) is 2. The van der Waals surface area contributed by atoms with E-state index in [0.717, 1.165) is 11.3 Å². The van der Waals surface area contributed by atoms with E-state index >= 15 is 0 Å². The number of rotatable bonds is 4. The first-order valence-corrected chi connectivity index (χ1v) is 7.72. The van der Waals surface area contributed by atoms with Crippen LogP contribution in [0.1, 0.15) is 30.9 Å². The second-order valence-corrected chi connectivity index (χ2v) is 5.72. The lowest BCUT2D eigenvalue weighted by Gasteiger charge is -2.22. The molecule has 2 aromatic rings. The summed E-state index contributed by atoms with van der Waals surface area (Å²) < 4.78 is 0. The summed E-state index contributed by atoms with van der Waals surface area (Å²) in [5, 5.41) is 0. The van der Waals surface area contributed by atoms with E-state index in [0.29, 0.717) is 5.92 Å². The highest BCUT2D eigenvalue weighted by atomic mass is 16.2. The monoisotopic (exact) mass is 309 g/mol. The molecule has 120 valence electrons. The minimum Gasteiger partial charge on any atom is -0.369 e. The zero-order chi connectivity index (χ0) is 16.8. The number of carbonyl (C=O) groups excluding carboxylic acids is 1. The zero-order valence-corrected chi connectivity index (χ0v) is 13.9. The predicted molar refractivity (Wildman–Crippen MR) is 95.7 cm³/mol. The van der Waals surface area contributed by atoms with E-state index in [-0.39, 0.29) is 18.3 Å². The normalized spacial score (nSPS) is 11.6. The Kier molecular flexibility index (Phi) is 5.52. The van der Waals surface area contributed by atoms with Crippen molar-refractivity contribution in [1.29, 1.82) is 0 Å². The molecular formula is C19H23N3O. The van der Waals surface area contributed by atoms with Gasteiger partial charge >= 0.3 is 0 Å². The van der Waals surface area contributed by atoms with Crippen molar-refractivity contribution < 1.29 is 4.79 Å². The number of anilines is 1. The third-order valence-electron chi connectivity index (χ3n) is 3.72. The van der Waals surface area contributed by atoms with E-state index in [1.165, 1.54) is 10.5 Å². The maximum absolute atomic E-state index is 12.7. The molecule has 1 amide bonds. The summed E-state index contributed by atoms with van der Waals surface area (Å²) in [4.78, 5) is 18.2. The Bertz CT molecular complexity index is 676. The van der Waals surface area contributed by atoms with E-state index in [9.17, 15) is 4.79 Å². The highest BCUT2D eigenvalue weighted by Crippen LogP contribution is 2.21. The quantitative estimate of drug-likeness (QED) is 0.695. The van der Waals surface area contributed by atoms with Gasteiger partial charge in [-0.2, -0.15) is 0 Å². The Hall–Kier alpha value is -2.62. The fraction of sp³-hybridized carbons (Fsp3) is 0.263. The van der Waals surface area contributed by atoms with E-state index < -0.39 is 0 Å². The van der Waals surface area contributed by atoms with Crippen LogP contribution in [0.2, 0.25) is 0 Å². The molecule has 2 aromatic carbocycles.